The number of aliphatic hydroxyl groups is 1. The lowest BCUT2D eigenvalue weighted by Gasteiger charge is -2.18. The van der Waals surface area contributed by atoms with E-state index in [1.807, 2.05) is 54.2 Å². The van der Waals surface area contributed by atoms with E-state index in [1.54, 1.807) is 6.20 Å². The molecule has 2 rings (SSSR count). The second kappa shape index (κ2) is 7.59. The molecule has 5 nitrogen and oxygen atoms in total. The Morgan fingerprint density at radius 2 is 2.10 bits per heavy atom. The minimum Gasteiger partial charge on any atom is -0.396 e. The predicted molar refractivity (Wildman–Crippen MR) is 80.7 cm³/mol. The van der Waals surface area contributed by atoms with Gasteiger partial charge in [0, 0.05) is 43.4 Å². The molecule has 0 bridgehead atoms. The first-order valence-corrected chi connectivity index (χ1v) is 7.11. The Bertz CT molecular complexity index is 540. The van der Waals surface area contributed by atoms with Crippen molar-refractivity contribution in [1.29, 1.82) is 0 Å². The number of pyridine rings is 1. The van der Waals surface area contributed by atoms with Crippen molar-refractivity contribution in [1.82, 2.24) is 14.9 Å². The first-order valence-electron chi connectivity index (χ1n) is 7.11. The lowest BCUT2D eigenvalue weighted by atomic mass is 10.0. The second-order valence-electron chi connectivity index (χ2n) is 5.13. The number of aliphatic hydroxyl groups excluding tert-OH is 1. The predicted octanol–water partition coefficient (Wildman–Crippen LogP) is 1.41. The van der Waals surface area contributed by atoms with E-state index < -0.39 is 0 Å². The first-order chi connectivity index (χ1) is 10.2. The van der Waals surface area contributed by atoms with Gasteiger partial charge in [-0.25, -0.2) is 0 Å². The van der Waals surface area contributed by atoms with Gasteiger partial charge in [0.15, 0.2) is 0 Å². The average molecular weight is 287 g/mol. The molecule has 112 valence electrons. The monoisotopic (exact) mass is 287 g/mol. The fourth-order valence-electron chi connectivity index (χ4n) is 2.15. The summed E-state index contributed by atoms with van der Waals surface area (Å²) in [6, 6.07) is 9.23. The standard InChI is InChI=1S/C16H21N3O2/c1-13(19-8-4-5-9-19)16(21)18-11-14(12-20)10-15-6-2-3-7-17-15/h2-9,13-14,20H,10-12H2,1H3,(H,18,21). The van der Waals surface area contributed by atoms with E-state index in [0.29, 0.717) is 13.0 Å². The molecule has 0 aliphatic carbocycles. The SMILES string of the molecule is CC(C(=O)NCC(CO)Cc1ccccn1)n1cccc1. The zero-order chi connectivity index (χ0) is 15.1. The highest BCUT2D eigenvalue weighted by molar-refractivity contribution is 5.79. The maximum atomic E-state index is 12.1. The largest absolute Gasteiger partial charge is 0.396 e. The Morgan fingerprint density at radius 3 is 2.71 bits per heavy atom. The van der Waals surface area contributed by atoms with E-state index in [2.05, 4.69) is 10.3 Å². The molecule has 0 spiro atoms. The Morgan fingerprint density at radius 1 is 1.33 bits per heavy atom. The van der Waals surface area contributed by atoms with E-state index in [1.165, 1.54) is 0 Å². The van der Waals surface area contributed by atoms with Gasteiger partial charge < -0.3 is 15.0 Å². The molecule has 1 amide bonds. The maximum absolute atomic E-state index is 12.1. The third-order valence-electron chi connectivity index (χ3n) is 3.50. The number of carbonyl (C=O) groups is 1. The maximum Gasteiger partial charge on any atom is 0.242 e. The quantitative estimate of drug-likeness (QED) is 0.809. The molecule has 0 radical (unpaired) electrons. The minimum atomic E-state index is -0.255. The third kappa shape index (κ3) is 4.43. The van der Waals surface area contributed by atoms with Crippen LogP contribution in [0.25, 0.3) is 0 Å². The molecule has 2 unspecified atom stereocenters. The van der Waals surface area contributed by atoms with E-state index in [-0.39, 0.29) is 24.5 Å². The van der Waals surface area contributed by atoms with Crippen molar-refractivity contribution in [2.75, 3.05) is 13.2 Å². The van der Waals surface area contributed by atoms with Crippen molar-refractivity contribution in [2.45, 2.75) is 19.4 Å². The molecule has 2 aromatic heterocycles. The molecule has 0 saturated heterocycles. The highest BCUT2D eigenvalue weighted by Crippen LogP contribution is 2.08. The molecule has 2 N–H and O–H groups in total. The molecule has 2 heterocycles. The van der Waals surface area contributed by atoms with Gasteiger partial charge in [-0.05, 0) is 37.6 Å². The van der Waals surface area contributed by atoms with E-state index in [9.17, 15) is 9.90 Å². The second-order valence-corrected chi connectivity index (χ2v) is 5.13. The molecule has 0 aromatic carbocycles. The summed E-state index contributed by atoms with van der Waals surface area (Å²) in [6.07, 6.45) is 6.11. The van der Waals surface area contributed by atoms with Crippen LogP contribution in [0.4, 0.5) is 0 Å². The zero-order valence-electron chi connectivity index (χ0n) is 12.1. The lowest BCUT2D eigenvalue weighted by Crippen LogP contribution is -2.36. The Kier molecular flexibility index (Phi) is 5.51. The summed E-state index contributed by atoms with van der Waals surface area (Å²) in [5.74, 6) is -0.0774. The summed E-state index contributed by atoms with van der Waals surface area (Å²) in [5.41, 5.74) is 0.921. The van der Waals surface area contributed by atoms with Gasteiger partial charge in [0.1, 0.15) is 6.04 Å². The van der Waals surface area contributed by atoms with Crippen molar-refractivity contribution >= 4 is 5.91 Å². The van der Waals surface area contributed by atoms with Crippen molar-refractivity contribution in [3.63, 3.8) is 0 Å². The van der Waals surface area contributed by atoms with Crippen LogP contribution in [0.3, 0.4) is 0 Å². The molecular formula is C16H21N3O2. The number of amides is 1. The summed E-state index contributed by atoms with van der Waals surface area (Å²) in [4.78, 5) is 16.3. The van der Waals surface area contributed by atoms with Gasteiger partial charge in [-0.15, -0.1) is 0 Å². The van der Waals surface area contributed by atoms with Crippen molar-refractivity contribution in [3.8, 4) is 0 Å². The summed E-state index contributed by atoms with van der Waals surface area (Å²) < 4.78 is 1.85. The zero-order valence-corrected chi connectivity index (χ0v) is 12.1. The summed E-state index contributed by atoms with van der Waals surface area (Å²) in [6.45, 7) is 2.31. The average Bonchev–Trinajstić information content (AvgIpc) is 3.05. The first kappa shape index (κ1) is 15.3. The fourth-order valence-corrected chi connectivity index (χ4v) is 2.15. The number of hydrogen-bond acceptors (Lipinski definition) is 3. The highest BCUT2D eigenvalue weighted by atomic mass is 16.3. The number of nitrogens with one attached hydrogen (secondary N) is 1. The summed E-state index contributed by atoms with van der Waals surface area (Å²) in [7, 11) is 0. The Hall–Kier alpha value is -2.14. The van der Waals surface area contributed by atoms with Gasteiger partial charge >= 0.3 is 0 Å². The van der Waals surface area contributed by atoms with Crippen LogP contribution in [0.5, 0.6) is 0 Å². The number of aromatic nitrogens is 2. The normalized spacial score (nSPS) is 13.6. The van der Waals surface area contributed by atoms with E-state index in [4.69, 9.17) is 0 Å². The van der Waals surface area contributed by atoms with Gasteiger partial charge in [0.05, 0.1) is 0 Å². The van der Waals surface area contributed by atoms with Gasteiger partial charge in [-0.3, -0.25) is 9.78 Å². The van der Waals surface area contributed by atoms with Gasteiger partial charge in [-0.1, -0.05) is 6.07 Å². The molecule has 0 fully saturated rings. The van der Waals surface area contributed by atoms with Crippen LogP contribution < -0.4 is 5.32 Å². The van der Waals surface area contributed by atoms with Gasteiger partial charge in [-0.2, -0.15) is 0 Å². The van der Waals surface area contributed by atoms with Crippen LogP contribution in [0, 0.1) is 5.92 Å². The summed E-state index contributed by atoms with van der Waals surface area (Å²) >= 11 is 0. The van der Waals surface area contributed by atoms with Crippen LogP contribution in [0.1, 0.15) is 18.7 Å². The molecule has 2 atom stereocenters. The third-order valence-corrected chi connectivity index (χ3v) is 3.50. The topological polar surface area (TPSA) is 67.2 Å². The molecule has 5 heteroatoms. The minimum absolute atomic E-state index is 0.0226. The van der Waals surface area contributed by atoms with E-state index in [0.717, 1.165) is 5.69 Å². The molecule has 2 aromatic rings. The van der Waals surface area contributed by atoms with Crippen molar-refractivity contribution in [3.05, 3.63) is 54.6 Å². The number of hydrogen-bond donors (Lipinski definition) is 2. The molecule has 21 heavy (non-hydrogen) atoms. The lowest BCUT2D eigenvalue weighted by molar-refractivity contribution is -0.124. The van der Waals surface area contributed by atoms with Crippen molar-refractivity contribution in [2.24, 2.45) is 5.92 Å². The Labute approximate surface area is 124 Å². The van der Waals surface area contributed by atoms with Crippen LogP contribution in [-0.4, -0.2) is 33.7 Å². The van der Waals surface area contributed by atoms with Crippen LogP contribution in [-0.2, 0) is 11.2 Å². The van der Waals surface area contributed by atoms with Crippen LogP contribution in [0.2, 0.25) is 0 Å². The molecule has 0 aliphatic heterocycles. The van der Waals surface area contributed by atoms with Gasteiger partial charge in [0.25, 0.3) is 0 Å². The van der Waals surface area contributed by atoms with Crippen molar-refractivity contribution < 1.29 is 9.90 Å². The highest BCUT2D eigenvalue weighted by Gasteiger charge is 2.16. The summed E-state index contributed by atoms with van der Waals surface area (Å²) in [5, 5.41) is 12.3. The van der Waals surface area contributed by atoms with E-state index >= 15 is 0 Å². The van der Waals surface area contributed by atoms with Crippen LogP contribution >= 0.6 is 0 Å². The number of carbonyl (C=O) groups excluding carboxylic acids is 1. The molecular weight excluding hydrogens is 266 g/mol. The smallest absolute Gasteiger partial charge is 0.242 e. The molecule has 0 aliphatic rings. The van der Waals surface area contributed by atoms with Crippen LogP contribution in [0.15, 0.2) is 48.9 Å². The fraction of sp³-hybridized carbons (Fsp3) is 0.375. The molecule has 0 saturated carbocycles. The number of rotatable bonds is 7. The van der Waals surface area contributed by atoms with Gasteiger partial charge in [0.2, 0.25) is 5.91 Å². The number of nitrogens with zero attached hydrogens (tertiary/aromatic N) is 2. The Balaban J connectivity index is 1.84.